The van der Waals surface area contributed by atoms with Crippen molar-refractivity contribution in [1.82, 2.24) is 4.37 Å². The van der Waals surface area contributed by atoms with Gasteiger partial charge in [0.15, 0.2) is 5.82 Å². The van der Waals surface area contributed by atoms with E-state index in [1.165, 1.54) is 21.6 Å². The number of aromatic nitrogens is 1. The van der Waals surface area contributed by atoms with Crippen molar-refractivity contribution in [2.24, 2.45) is 5.92 Å². The fraction of sp³-hybridized carbons (Fsp3) is 0.444. The number of rotatable bonds is 8. The van der Waals surface area contributed by atoms with Crippen LogP contribution in [0.15, 0.2) is 36.4 Å². The van der Waals surface area contributed by atoms with Crippen molar-refractivity contribution in [2.75, 3.05) is 49.7 Å². The van der Waals surface area contributed by atoms with Crippen LogP contribution in [0.3, 0.4) is 0 Å². The molecule has 7 nitrogen and oxygen atoms in total. The Balaban J connectivity index is 1.32. The Labute approximate surface area is 220 Å². The average molecular weight is 528 g/mol. The zero-order valence-corrected chi connectivity index (χ0v) is 22.3. The number of ether oxygens (including phenoxy) is 1. The van der Waals surface area contributed by atoms with Crippen molar-refractivity contribution in [2.45, 2.75) is 33.1 Å². The Morgan fingerprint density at radius 2 is 2.06 bits per heavy atom. The summed E-state index contributed by atoms with van der Waals surface area (Å²) in [5, 5.41) is 4.72. The van der Waals surface area contributed by atoms with E-state index >= 15 is 0 Å². The lowest BCUT2D eigenvalue weighted by atomic mass is 10.0. The first-order valence-electron chi connectivity index (χ1n) is 12.6. The van der Waals surface area contributed by atoms with Crippen LogP contribution in [0.1, 0.15) is 31.4 Å². The number of carbonyl (C=O) groups is 2. The number of halogens is 1. The van der Waals surface area contributed by atoms with Gasteiger partial charge < -0.3 is 15.0 Å². The van der Waals surface area contributed by atoms with Gasteiger partial charge in [0.05, 0.1) is 49.8 Å². The number of nitrogens with one attached hydrogen (secondary N) is 1. The van der Waals surface area contributed by atoms with Crippen LogP contribution < -0.4 is 10.2 Å². The summed E-state index contributed by atoms with van der Waals surface area (Å²) in [5.74, 6) is 0.806. The molecule has 1 saturated heterocycles. The van der Waals surface area contributed by atoms with Gasteiger partial charge in [0.2, 0.25) is 12.6 Å². The van der Waals surface area contributed by atoms with E-state index in [0.717, 1.165) is 68.2 Å². The maximum absolute atomic E-state index is 12.5. The fourth-order valence-electron chi connectivity index (χ4n) is 4.98. The molecule has 9 heteroatoms. The summed E-state index contributed by atoms with van der Waals surface area (Å²) in [7, 11) is 0. The summed E-state index contributed by atoms with van der Waals surface area (Å²) < 4.78 is 12.5. The molecule has 2 aromatic carbocycles. The molecule has 36 heavy (non-hydrogen) atoms. The fourth-order valence-corrected chi connectivity index (χ4v) is 6.03. The Morgan fingerprint density at radius 1 is 1.28 bits per heavy atom. The summed E-state index contributed by atoms with van der Waals surface area (Å²) in [6, 6.07) is 12.3. The lowest BCUT2D eigenvalue weighted by Crippen LogP contribution is -2.61. The van der Waals surface area contributed by atoms with E-state index in [-0.39, 0.29) is 17.8 Å². The number of hydrogen-bond acceptors (Lipinski definition) is 6. The first kappa shape index (κ1) is 25.0. The molecule has 1 unspecified atom stereocenters. The van der Waals surface area contributed by atoms with E-state index in [9.17, 15) is 9.59 Å². The van der Waals surface area contributed by atoms with Gasteiger partial charge in [-0.2, -0.15) is 4.37 Å². The second-order valence-electron chi connectivity index (χ2n) is 9.98. The van der Waals surface area contributed by atoms with Crippen molar-refractivity contribution in [3.05, 3.63) is 52.5 Å². The van der Waals surface area contributed by atoms with Crippen molar-refractivity contribution in [3.63, 3.8) is 0 Å². The molecule has 190 valence electrons. The summed E-state index contributed by atoms with van der Waals surface area (Å²) in [4.78, 5) is 26.7. The summed E-state index contributed by atoms with van der Waals surface area (Å²) in [6.07, 6.45) is 1.91. The molecule has 0 radical (unpaired) electrons. The standard InChI is InChI=1S/C27H31ClN4O3S/c1-3-18(2)27(34)35-17-32(11-8-19-14-20-15-25(33)29-23(20)16-22(19)28)12-9-31(10-13-32)26-21-6-4-5-7-24(21)36-30-26/h4-7,14,16,18H,3,8-13,15,17H2,1-2H3/p+1. The third-order valence-corrected chi connectivity index (χ3v) is 8.76. The Kier molecular flexibility index (Phi) is 7.19. The molecule has 1 atom stereocenters. The molecule has 0 bridgehead atoms. The smallest absolute Gasteiger partial charge is 0.312 e. The minimum absolute atomic E-state index is 0.00404. The SMILES string of the molecule is CCC(C)C(=O)OC[N+]1(CCc2cc3c(cc2Cl)NC(=O)C3)CCN(c2nsc3ccccc23)CC1. The predicted molar refractivity (Wildman–Crippen MR) is 145 cm³/mol. The first-order valence-corrected chi connectivity index (χ1v) is 13.7. The molecule has 1 aromatic heterocycles. The number of carbonyl (C=O) groups excluding carboxylic acids is 2. The molecule has 0 saturated carbocycles. The van der Waals surface area contributed by atoms with Crippen LogP contribution in [-0.4, -0.2) is 60.2 Å². The van der Waals surface area contributed by atoms with Crippen LogP contribution in [0.5, 0.6) is 0 Å². The summed E-state index contributed by atoms with van der Waals surface area (Å²) in [5.41, 5.74) is 2.84. The van der Waals surface area contributed by atoms with Gasteiger partial charge in [-0.15, -0.1) is 0 Å². The topological polar surface area (TPSA) is 71.5 Å². The van der Waals surface area contributed by atoms with Crippen molar-refractivity contribution in [1.29, 1.82) is 0 Å². The lowest BCUT2D eigenvalue weighted by Gasteiger charge is -2.44. The highest BCUT2D eigenvalue weighted by Gasteiger charge is 2.36. The highest BCUT2D eigenvalue weighted by atomic mass is 35.5. The molecule has 3 heterocycles. The maximum Gasteiger partial charge on any atom is 0.312 e. The summed E-state index contributed by atoms with van der Waals surface area (Å²) >= 11 is 8.13. The molecule has 3 aromatic rings. The monoisotopic (exact) mass is 527 g/mol. The number of esters is 1. The highest BCUT2D eigenvalue weighted by Crippen LogP contribution is 2.33. The third-order valence-electron chi connectivity index (χ3n) is 7.59. The molecular formula is C27H32ClN4O3S+. The zero-order chi connectivity index (χ0) is 25.3. The van der Waals surface area contributed by atoms with Crippen LogP contribution in [0.25, 0.3) is 10.1 Å². The van der Waals surface area contributed by atoms with E-state index in [1.54, 1.807) is 0 Å². The van der Waals surface area contributed by atoms with Gasteiger partial charge in [0.1, 0.15) is 0 Å². The van der Waals surface area contributed by atoms with Crippen molar-refractivity contribution in [3.8, 4) is 0 Å². The van der Waals surface area contributed by atoms with Gasteiger partial charge in [0, 0.05) is 22.5 Å². The van der Waals surface area contributed by atoms with Gasteiger partial charge in [-0.05, 0) is 47.3 Å². The van der Waals surface area contributed by atoms with E-state index < -0.39 is 0 Å². The number of anilines is 2. The number of quaternary nitrogens is 1. The molecule has 5 rings (SSSR count). The normalized spacial score (nSPS) is 17.6. The summed E-state index contributed by atoms with van der Waals surface area (Å²) in [6.45, 7) is 8.46. The maximum atomic E-state index is 12.5. The largest absolute Gasteiger partial charge is 0.415 e. The molecule has 0 aliphatic carbocycles. The van der Waals surface area contributed by atoms with Crippen LogP contribution in [0, 0.1) is 5.92 Å². The van der Waals surface area contributed by atoms with Gasteiger partial charge in [-0.3, -0.25) is 14.1 Å². The number of piperazine rings is 1. The van der Waals surface area contributed by atoms with Crippen molar-refractivity contribution < 1.29 is 18.8 Å². The molecule has 1 N–H and O–H groups in total. The number of fused-ring (bicyclic) bond motifs is 2. The molecular weight excluding hydrogens is 496 g/mol. The van der Waals surface area contributed by atoms with Crippen LogP contribution in [-0.2, 0) is 27.2 Å². The molecule has 1 fully saturated rings. The highest BCUT2D eigenvalue weighted by molar-refractivity contribution is 7.13. The van der Waals surface area contributed by atoms with Crippen molar-refractivity contribution >= 4 is 56.6 Å². The zero-order valence-electron chi connectivity index (χ0n) is 20.8. The van der Waals surface area contributed by atoms with Crippen LogP contribution in [0.4, 0.5) is 11.5 Å². The number of hydrogen-bond donors (Lipinski definition) is 1. The number of amides is 1. The quantitative estimate of drug-likeness (QED) is 0.334. The van der Waals surface area contributed by atoms with Gasteiger partial charge in [-0.25, -0.2) is 0 Å². The number of benzene rings is 2. The van der Waals surface area contributed by atoms with E-state index in [2.05, 4.69) is 34.5 Å². The minimum Gasteiger partial charge on any atom is -0.415 e. The minimum atomic E-state index is -0.136. The molecule has 2 aliphatic heterocycles. The van der Waals surface area contributed by atoms with Crippen LogP contribution >= 0.6 is 23.1 Å². The Bertz CT molecular complexity index is 1290. The molecule has 1 amide bonds. The Hall–Kier alpha value is -2.68. The first-order chi connectivity index (χ1) is 17.4. The number of nitrogens with zero attached hydrogens (tertiary/aromatic N) is 3. The Morgan fingerprint density at radius 3 is 2.83 bits per heavy atom. The molecule has 0 spiro atoms. The third kappa shape index (κ3) is 5.08. The van der Waals surface area contributed by atoms with Gasteiger partial charge in [0.25, 0.3) is 0 Å². The second-order valence-corrected chi connectivity index (χ2v) is 11.2. The second kappa shape index (κ2) is 10.4. The predicted octanol–water partition coefficient (Wildman–Crippen LogP) is 4.87. The van der Waals surface area contributed by atoms with Gasteiger partial charge >= 0.3 is 5.97 Å². The van der Waals surface area contributed by atoms with E-state index in [1.807, 2.05) is 26.0 Å². The van der Waals surface area contributed by atoms with E-state index in [0.29, 0.717) is 22.7 Å². The van der Waals surface area contributed by atoms with Gasteiger partial charge in [-0.1, -0.05) is 43.6 Å². The average Bonchev–Trinajstić information content (AvgIpc) is 3.48. The molecule has 2 aliphatic rings. The van der Waals surface area contributed by atoms with Crippen LogP contribution in [0.2, 0.25) is 5.02 Å². The lowest BCUT2D eigenvalue weighted by molar-refractivity contribution is -0.943. The van der Waals surface area contributed by atoms with E-state index in [4.69, 9.17) is 20.7 Å².